The summed E-state index contributed by atoms with van der Waals surface area (Å²) in [5.41, 5.74) is -0.743. The number of nitrogens with zero attached hydrogens (tertiary/aromatic N) is 1. The number of rotatable bonds is 6. The first kappa shape index (κ1) is 18.4. The molecule has 1 aliphatic rings. The Morgan fingerprint density at radius 3 is 2.29 bits per heavy atom. The molecule has 0 aromatic rings. The Morgan fingerprint density at radius 1 is 1.24 bits per heavy atom. The molecule has 21 heavy (non-hydrogen) atoms. The molecular formula is C17H34N2O2. The van der Waals surface area contributed by atoms with E-state index in [4.69, 9.17) is 0 Å². The molecule has 1 rings (SSSR count). The summed E-state index contributed by atoms with van der Waals surface area (Å²) in [4.78, 5) is 14.5. The van der Waals surface area contributed by atoms with Gasteiger partial charge < -0.3 is 15.3 Å². The maximum Gasteiger partial charge on any atom is 0.223 e. The van der Waals surface area contributed by atoms with E-state index in [2.05, 4.69) is 31.0 Å². The Balaban J connectivity index is 2.55. The van der Waals surface area contributed by atoms with Crippen LogP contribution in [0.15, 0.2) is 0 Å². The number of nitrogens with one attached hydrogen (secondary N) is 1. The second-order valence-corrected chi connectivity index (χ2v) is 8.04. The monoisotopic (exact) mass is 298 g/mol. The number of aliphatic hydroxyl groups is 1. The zero-order valence-electron chi connectivity index (χ0n) is 14.5. The molecule has 1 aliphatic carbocycles. The van der Waals surface area contributed by atoms with E-state index < -0.39 is 5.60 Å². The molecule has 0 saturated heterocycles. The Labute approximate surface area is 130 Å². The fourth-order valence-electron chi connectivity index (χ4n) is 3.04. The van der Waals surface area contributed by atoms with Crippen molar-refractivity contribution in [2.75, 3.05) is 20.6 Å². The fraction of sp³-hybridized carbons (Fsp3) is 0.941. The summed E-state index contributed by atoms with van der Waals surface area (Å²) in [6, 6.07) is 0.139. The first-order chi connectivity index (χ1) is 9.62. The van der Waals surface area contributed by atoms with Crippen molar-refractivity contribution in [3.8, 4) is 0 Å². The van der Waals surface area contributed by atoms with E-state index in [1.165, 1.54) is 6.42 Å². The number of hydrogen-bond acceptors (Lipinski definition) is 3. The highest BCUT2D eigenvalue weighted by atomic mass is 16.3. The van der Waals surface area contributed by atoms with Crippen LogP contribution < -0.4 is 5.32 Å². The second kappa shape index (κ2) is 7.59. The summed E-state index contributed by atoms with van der Waals surface area (Å²) in [7, 11) is 4.10. The van der Waals surface area contributed by atoms with Gasteiger partial charge in [-0.3, -0.25) is 4.79 Å². The summed E-state index contributed by atoms with van der Waals surface area (Å²) in [5.74, 6) is -0.00178. The summed E-state index contributed by atoms with van der Waals surface area (Å²) in [6.45, 7) is 7.42. The van der Waals surface area contributed by atoms with Crippen LogP contribution in [0, 0.1) is 5.41 Å². The molecule has 4 nitrogen and oxygen atoms in total. The van der Waals surface area contributed by atoms with E-state index in [-0.39, 0.29) is 23.8 Å². The third-order valence-corrected chi connectivity index (χ3v) is 4.52. The fourth-order valence-corrected chi connectivity index (χ4v) is 3.04. The van der Waals surface area contributed by atoms with Gasteiger partial charge in [0.25, 0.3) is 0 Å². The van der Waals surface area contributed by atoms with Crippen molar-refractivity contribution in [1.29, 1.82) is 0 Å². The molecule has 1 atom stereocenters. The molecule has 0 aromatic heterocycles. The predicted molar refractivity (Wildman–Crippen MR) is 87.2 cm³/mol. The zero-order valence-corrected chi connectivity index (χ0v) is 14.5. The highest BCUT2D eigenvalue weighted by Crippen LogP contribution is 2.31. The summed E-state index contributed by atoms with van der Waals surface area (Å²) >= 11 is 0. The van der Waals surface area contributed by atoms with Gasteiger partial charge in [0, 0.05) is 6.04 Å². The van der Waals surface area contributed by atoms with E-state index in [0.29, 0.717) is 0 Å². The maximum atomic E-state index is 12.3. The molecule has 124 valence electrons. The largest absolute Gasteiger partial charge is 0.389 e. The number of carbonyl (C=O) groups excluding carboxylic acids is 1. The third kappa shape index (κ3) is 6.79. The van der Waals surface area contributed by atoms with Crippen molar-refractivity contribution in [3.05, 3.63) is 0 Å². The molecule has 1 amide bonds. The minimum atomic E-state index is -0.772. The topological polar surface area (TPSA) is 52.6 Å². The third-order valence-electron chi connectivity index (χ3n) is 4.52. The molecule has 0 aromatic carbocycles. The summed E-state index contributed by atoms with van der Waals surface area (Å²) in [5, 5.41) is 13.7. The Hall–Kier alpha value is -0.610. The average Bonchev–Trinajstić information content (AvgIpc) is 2.33. The lowest BCUT2D eigenvalue weighted by Crippen LogP contribution is -2.48. The highest BCUT2D eigenvalue weighted by molar-refractivity contribution is 5.77. The van der Waals surface area contributed by atoms with Gasteiger partial charge in [0.1, 0.15) is 0 Å². The molecule has 0 spiro atoms. The van der Waals surface area contributed by atoms with Gasteiger partial charge in [-0.25, -0.2) is 0 Å². The number of carbonyl (C=O) groups is 1. The lowest BCUT2D eigenvalue weighted by atomic mass is 9.81. The molecule has 4 heteroatoms. The van der Waals surface area contributed by atoms with Crippen molar-refractivity contribution in [3.63, 3.8) is 0 Å². The van der Waals surface area contributed by atoms with E-state index in [0.717, 1.165) is 38.6 Å². The normalized spacial score (nSPS) is 20.3. The predicted octanol–water partition coefficient (Wildman–Crippen LogP) is 2.55. The van der Waals surface area contributed by atoms with E-state index in [1.807, 2.05) is 14.1 Å². The van der Waals surface area contributed by atoms with Crippen LogP contribution in [0.3, 0.4) is 0 Å². The van der Waals surface area contributed by atoms with Crippen LogP contribution in [0.2, 0.25) is 0 Å². The summed E-state index contributed by atoms with van der Waals surface area (Å²) < 4.78 is 0. The van der Waals surface area contributed by atoms with Crippen molar-refractivity contribution in [2.45, 2.75) is 77.4 Å². The maximum absolute atomic E-state index is 12.3. The first-order valence-corrected chi connectivity index (χ1v) is 8.29. The van der Waals surface area contributed by atoms with Gasteiger partial charge in [0.15, 0.2) is 0 Å². The second-order valence-electron chi connectivity index (χ2n) is 8.04. The quantitative estimate of drug-likeness (QED) is 0.792. The van der Waals surface area contributed by atoms with Crippen molar-refractivity contribution >= 4 is 5.91 Å². The smallest absolute Gasteiger partial charge is 0.223 e. The van der Waals surface area contributed by atoms with Gasteiger partial charge in [0.05, 0.1) is 12.0 Å². The standard InChI is InChI=1S/C17H34N2O2/c1-16(2,3)14(9-12-19(4)5)18-15(20)13-17(21)10-7-6-8-11-17/h14,21H,6-13H2,1-5H3,(H,18,20). The van der Waals surface area contributed by atoms with Gasteiger partial charge in [-0.2, -0.15) is 0 Å². The SMILES string of the molecule is CN(C)CCC(NC(=O)CC1(O)CCCCC1)C(C)(C)C. The van der Waals surface area contributed by atoms with Gasteiger partial charge >= 0.3 is 0 Å². The van der Waals surface area contributed by atoms with Gasteiger partial charge in [-0.1, -0.05) is 40.0 Å². The van der Waals surface area contributed by atoms with Crippen LogP contribution in [0.1, 0.15) is 65.7 Å². The van der Waals surface area contributed by atoms with Gasteiger partial charge in [0.2, 0.25) is 5.91 Å². The van der Waals surface area contributed by atoms with Crippen LogP contribution in [-0.4, -0.2) is 48.2 Å². The molecule has 1 saturated carbocycles. The van der Waals surface area contributed by atoms with Crippen LogP contribution in [0.4, 0.5) is 0 Å². The van der Waals surface area contributed by atoms with Crippen molar-refractivity contribution < 1.29 is 9.90 Å². The Kier molecular flexibility index (Phi) is 6.67. The minimum absolute atomic E-state index is 0.00178. The lowest BCUT2D eigenvalue weighted by Gasteiger charge is -2.35. The van der Waals surface area contributed by atoms with Crippen LogP contribution in [-0.2, 0) is 4.79 Å². The van der Waals surface area contributed by atoms with Gasteiger partial charge in [-0.15, -0.1) is 0 Å². The van der Waals surface area contributed by atoms with Crippen molar-refractivity contribution in [1.82, 2.24) is 10.2 Å². The molecule has 2 N–H and O–H groups in total. The van der Waals surface area contributed by atoms with E-state index in [1.54, 1.807) is 0 Å². The Bertz CT molecular complexity index is 328. The lowest BCUT2D eigenvalue weighted by molar-refractivity contribution is -0.129. The first-order valence-electron chi connectivity index (χ1n) is 8.29. The highest BCUT2D eigenvalue weighted by Gasteiger charge is 2.33. The summed E-state index contributed by atoms with van der Waals surface area (Å²) in [6.07, 6.45) is 5.95. The molecular weight excluding hydrogens is 264 g/mol. The average molecular weight is 298 g/mol. The van der Waals surface area contributed by atoms with Crippen LogP contribution >= 0.6 is 0 Å². The zero-order chi connectivity index (χ0) is 16.1. The number of amides is 1. The molecule has 1 unspecified atom stereocenters. The Morgan fingerprint density at radius 2 is 1.81 bits per heavy atom. The number of hydrogen-bond donors (Lipinski definition) is 2. The molecule has 0 bridgehead atoms. The van der Waals surface area contributed by atoms with Crippen LogP contribution in [0.5, 0.6) is 0 Å². The van der Waals surface area contributed by atoms with E-state index >= 15 is 0 Å². The van der Waals surface area contributed by atoms with Crippen molar-refractivity contribution in [2.24, 2.45) is 5.41 Å². The van der Waals surface area contributed by atoms with Crippen LogP contribution in [0.25, 0.3) is 0 Å². The minimum Gasteiger partial charge on any atom is -0.389 e. The van der Waals surface area contributed by atoms with E-state index in [9.17, 15) is 9.90 Å². The van der Waals surface area contributed by atoms with Gasteiger partial charge in [-0.05, 0) is 45.3 Å². The molecule has 0 aliphatic heterocycles. The molecule has 0 heterocycles. The molecule has 1 fully saturated rings. The molecule has 0 radical (unpaired) electrons.